The average Bonchev–Trinajstić information content (AvgIpc) is 2.05. The molecule has 0 radical (unpaired) electrons. The highest BCUT2D eigenvalue weighted by Crippen LogP contribution is 2.29. The number of nitrogens with one attached hydrogen (secondary N) is 1. The van der Waals surface area contributed by atoms with Gasteiger partial charge in [0, 0.05) is 12.5 Å². The molecule has 1 aliphatic heterocycles. The number of halogens is 2. The van der Waals surface area contributed by atoms with E-state index in [2.05, 4.69) is 5.43 Å². The smallest absolute Gasteiger partial charge is 0.258 e. The molecule has 2 nitrogen and oxygen atoms in total. The van der Waals surface area contributed by atoms with Gasteiger partial charge in [-0.1, -0.05) is 0 Å². The van der Waals surface area contributed by atoms with Crippen LogP contribution in [0.1, 0.15) is 13.3 Å². The van der Waals surface area contributed by atoms with Gasteiger partial charge < -0.3 is 0 Å². The Balaban J connectivity index is 2.52. The first kappa shape index (κ1) is 7.88. The maximum Gasteiger partial charge on any atom is 0.263 e. The molecule has 1 N–H and O–H groups in total. The van der Waals surface area contributed by atoms with Crippen LogP contribution in [0.3, 0.4) is 0 Å². The molecule has 1 fully saturated rings. The molecule has 1 rings (SSSR count). The fraction of sp³-hybridized carbons (Fsp3) is 1.00. The van der Waals surface area contributed by atoms with Crippen LogP contribution in [0.4, 0.5) is 8.78 Å². The van der Waals surface area contributed by atoms with E-state index in [4.69, 9.17) is 0 Å². The Hall–Kier alpha value is -0.220. The Kier molecular flexibility index (Phi) is 1.92. The van der Waals surface area contributed by atoms with Crippen molar-refractivity contribution in [3.05, 3.63) is 0 Å². The van der Waals surface area contributed by atoms with E-state index in [9.17, 15) is 8.78 Å². The van der Waals surface area contributed by atoms with Crippen LogP contribution < -0.4 is 5.43 Å². The predicted octanol–water partition coefficient (Wildman–Crippen LogP) is 0.850. The molecule has 1 aliphatic rings. The van der Waals surface area contributed by atoms with Crippen LogP contribution in [0.25, 0.3) is 0 Å². The maximum absolute atomic E-state index is 12.6. The summed E-state index contributed by atoms with van der Waals surface area (Å²) in [6, 6.07) is -0.0556. The zero-order chi connectivity index (χ0) is 7.78. The number of nitrogens with zero attached hydrogens (tertiary/aromatic N) is 1. The summed E-state index contributed by atoms with van der Waals surface area (Å²) in [5.41, 5.74) is 2.72. The zero-order valence-electron chi connectivity index (χ0n) is 6.19. The van der Waals surface area contributed by atoms with Gasteiger partial charge in [0.05, 0.1) is 6.54 Å². The van der Waals surface area contributed by atoms with E-state index < -0.39 is 5.92 Å². The minimum atomic E-state index is -2.50. The Morgan fingerprint density at radius 2 is 2.20 bits per heavy atom. The summed E-state index contributed by atoms with van der Waals surface area (Å²) in [4.78, 5) is 0. The lowest BCUT2D eigenvalue weighted by Crippen LogP contribution is -2.38. The summed E-state index contributed by atoms with van der Waals surface area (Å²) < 4.78 is 25.1. The van der Waals surface area contributed by atoms with Crippen molar-refractivity contribution < 1.29 is 8.78 Å². The first-order valence-corrected chi connectivity index (χ1v) is 3.37. The Morgan fingerprint density at radius 3 is 2.40 bits per heavy atom. The maximum atomic E-state index is 12.6. The molecule has 0 saturated carbocycles. The van der Waals surface area contributed by atoms with Gasteiger partial charge in [-0.25, -0.2) is 13.8 Å². The first-order chi connectivity index (χ1) is 4.55. The van der Waals surface area contributed by atoms with E-state index >= 15 is 0 Å². The summed E-state index contributed by atoms with van der Waals surface area (Å²) in [5, 5.41) is 1.56. The lowest BCUT2D eigenvalue weighted by molar-refractivity contribution is 0.00771. The van der Waals surface area contributed by atoms with Gasteiger partial charge in [0.1, 0.15) is 0 Å². The van der Waals surface area contributed by atoms with Crippen LogP contribution in [-0.4, -0.2) is 30.6 Å². The standard InChI is InChI=1S/C6H12F2N2/c1-5-3-6(7,8)4-10(5)9-2/h5,9H,3-4H2,1-2H3/t5-/m1/s1. The van der Waals surface area contributed by atoms with E-state index in [-0.39, 0.29) is 19.0 Å². The van der Waals surface area contributed by atoms with Crippen LogP contribution in [0.5, 0.6) is 0 Å². The van der Waals surface area contributed by atoms with Crippen molar-refractivity contribution >= 4 is 0 Å². The van der Waals surface area contributed by atoms with Gasteiger partial charge >= 0.3 is 0 Å². The molecule has 0 bridgehead atoms. The van der Waals surface area contributed by atoms with E-state index in [0.29, 0.717) is 0 Å². The summed E-state index contributed by atoms with van der Waals surface area (Å²) >= 11 is 0. The highest BCUT2D eigenvalue weighted by Gasteiger charge is 2.42. The van der Waals surface area contributed by atoms with Crippen LogP contribution in [0.15, 0.2) is 0 Å². The second kappa shape index (κ2) is 2.43. The van der Waals surface area contributed by atoms with Crippen LogP contribution in [0, 0.1) is 0 Å². The third kappa shape index (κ3) is 1.44. The van der Waals surface area contributed by atoms with Gasteiger partial charge in [-0.05, 0) is 14.0 Å². The average molecular weight is 150 g/mol. The van der Waals surface area contributed by atoms with Crippen LogP contribution in [0.2, 0.25) is 0 Å². The molecule has 0 aromatic rings. The van der Waals surface area contributed by atoms with E-state index in [0.717, 1.165) is 0 Å². The summed E-state index contributed by atoms with van der Waals surface area (Å²) in [6.07, 6.45) is -0.0339. The summed E-state index contributed by atoms with van der Waals surface area (Å²) in [5.74, 6) is -2.50. The molecule has 1 atom stereocenters. The zero-order valence-corrected chi connectivity index (χ0v) is 6.19. The van der Waals surface area contributed by atoms with Crippen molar-refractivity contribution in [2.75, 3.05) is 13.6 Å². The van der Waals surface area contributed by atoms with Crippen molar-refractivity contribution in [1.82, 2.24) is 10.4 Å². The highest BCUT2D eigenvalue weighted by molar-refractivity contribution is 4.85. The fourth-order valence-electron chi connectivity index (χ4n) is 1.31. The lowest BCUT2D eigenvalue weighted by Gasteiger charge is -2.17. The summed E-state index contributed by atoms with van der Waals surface area (Å²) in [7, 11) is 1.66. The van der Waals surface area contributed by atoms with Crippen molar-refractivity contribution in [3.8, 4) is 0 Å². The monoisotopic (exact) mass is 150 g/mol. The fourth-order valence-corrected chi connectivity index (χ4v) is 1.31. The molecular weight excluding hydrogens is 138 g/mol. The first-order valence-electron chi connectivity index (χ1n) is 3.37. The molecule has 0 amide bonds. The Morgan fingerprint density at radius 1 is 1.60 bits per heavy atom. The van der Waals surface area contributed by atoms with E-state index in [1.54, 1.807) is 19.0 Å². The molecule has 4 heteroatoms. The minimum absolute atomic E-state index is 0.0339. The Bertz CT molecular complexity index is 127. The van der Waals surface area contributed by atoms with Crippen molar-refractivity contribution in [1.29, 1.82) is 0 Å². The predicted molar refractivity (Wildman–Crippen MR) is 34.8 cm³/mol. The highest BCUT2D eigenvalue weighted by atomic mass is 19.3. The number of rotatable bonds is 1. The largest absolute Gasteiger partial charge is 0.263 e. The van der Waals surface area contributed by atoms with Gasteiger partial charge in [-0.3, -0.25) is 5.43 Å². The van der Waals surface area contributed by atoms with Gasteiger partial charge in [-0.15, -0.1) is 0 Å². The second-order valence-electron chi connectivity index (χ2n) is 2.76. The van der Waals surface area contributed by atoms with Crippen molar-refractivity contribution in [2.45, 2.75) is 25.3 Å². The quantitative estimate of drug-likeness (QED) is 0.596. The van der Waals surface area contributed by atoms with Crippen molar-refractivity contribution in [3.63, 3.8) is 0 Å². The molecule has 60 valence electrons. The molecule has 0 spiro atoms. The molecule has 0 aromatic carbocycles. The van der Waals surface area contributed by atoms with Crippen molar-refractivity contribution in [2.24, 2.45) is 0 Å². The number of alkyl halides is 2. The van der Waals surface area contributed by atoms with Gasteiger partial charge in [0.2, 0.25) is 0 Å². The van der Waals surface area contributed by atoms with Gasteiger partial charge in [0.25, 0.3) is 5.92 Å². The van der Waals surface area contributed by atoms with Crippen LogP contribution in [-0.2, 0) is 0 Å². The molecule has 1 saturated heterocycles. The molecule has 0 aliphatic carbocycles. The summed E-state index contributed by atoms with van der Waals surface area (Å²) in [6.45, 7) is 1.63. The van der Waals surface area contributed by atoms with E-state index in [1.807, 2.05) is 0 Å². The SMILES string of the molecule is CNN1CC(F)(F)C[C@H]1C. The van der Waals surface area contributed by atoms with E-state index in [1.165, 1.54) is 0 Å². The third-order valence-corrected chi connectivity index (χ3v) is 1.81. The number of hydrogen-bond donors (Lipinski definition) is 1. The lowest BCUT2D eigenvalue weighted by atomic mass is 10.2. The molecule has 0 aromatic heterocycles. The molecule has 1 heterocycles. The van der Waals surface area contributed by atoms with Gasteiger partial charge in [-0.2, -0.15) is 0 Å². The molecular formula is C6H12F2N2. The second-order valence-corrected chi connectivity index (χ2v) is 2.76. The minimum Gasteiger partial charge on any atom is -0.258 e. The van der Waals surface area contributed by atoms with Crippen LogP contribution >= 0.6 is 0 Å². The number of hydrazine groups is 1. The Labute approximate surface area is 59.2 Å². The third-order valence-electron chi connectivity index (χ3n) is 1.81. The number of hydrogen-bond acceptors (Lipinski definition) is 2. The topological polar surface area (TPSA) is 15.3 Å². The molecule has 0 unspecified atom stereocenters. The molecule has 10 heavy (non-hydrogen) atoms. The normalized spacial score (nSPS) is 33.0. The van der Waals surface area contributed by atoms with Gasteiger partial charge in [0.15, 0.2) is 0 Å².